The topological polar surface area (TPSA) is 81.4 Å². The van der Waals surface area contributed by atoms with Crippen LogP contribution in [0, 0.1) is 5.41 Å². The van der Waals surface area contributed by atoms with Gasteiger partial charge in [0.1, 0.15) is 6.33 Å². The number of nitrogens with zero attached hydrogens (tertiary/aromatic N) is 4. The van der Waals surface area contributed by atoms with Gasteiger partial charge in [-0.2, -0.15) is 0 Å². The molecule has 1 aromatic rings. The maximum absolute atomic E-state index is 11.1. The largest absolute Gasteiger partial charge is 0.433 e. The first kappa shape index (κ1) is 15.5. The fourth-order valence-corrected chi connectivity index (χ4v) is 1.48. The molecule has 19 heavy (non-hydrogen) atoms. The van der Waals surface area contributed by atoms with E-state index in [1.165, 1.54) is 18.8 Å². The molecule has 0 fully saturated rings. The minimum atomic E-state index is -0.592. The first-order chi connectivity index (χ1) is 8.86. The number of aromatic nitrogens is 3. The normalized spacial score (nSPS) is 12.4. The Kier molecular flexibility index (Phi) is 5.34. The van der Waals surface area contributed by atoms with E-state index in [9.17, 15) is 4.79 Å². The Morgan fingerprint density at radius 2 is 2.26 bits per heavy atom. The molecule has 0 bridgehead atoms. The summed E-state index contributed by atoms with van der Waals surface area (Å²) in [5, 5.41) is 11.2. The number of nitrogens with one attached hydrogen (secondary N) is 1. The molecule has 8 heteroatoms. The smallest absolute Gasteiger partial charge is 0.323 e. The average molecular weight is 285 g/mol. The summed E-state index contributed by atoms with van der Waals surface area (Å²) >= 11 is 1.47. The third kappa shape index (κ3) is 4.90. The van der Waals surface area contributed by atoms with Crippen molar-refractivity contribution in [2.45, 2.75) is 32.5 Å². The lowest BCUT2D eigenvalue weighted by molar-refractivity contribution is 0.151. The van der Waals surface area contributed by atoms with Gasteiger partial charge in [0, 0.05) is 12.5 Å². The molecule has 0 aromatic carbocycles. The summed E-state index contributed by atoms with van der Waals surface area (Å²) in [6, 6.07) is 0. The second-order valence-corrected chi connectivity index (χ2v) is 5.62. The number of carbonyl (C=O) groups is 1. The molecule has 0 unspecified atom stereocenters. The highest BCUT2D eigenvalue weighted by atomic mass is 32.2. The molecule has 7 nitrogen and oxygen atoms in total. The number of amides is 1. The lowest BCUT2D eigenvalue weighted by atomic mass is 9.90. The predicted octanol–water partition coefficient (Wildman–Crippen LogP) is 1.76. The second kappa shape index (κ2) is 6.55. The Bertz CT molecular complexity index is 464. The van der Waals surface area contributed by atoms with Crippen LogP contribution in [-0.4, -0.2) is 39.9 Å². The molecule has 0 spiro atoms. The number of carbonyl (C=O) groups excluding carboxylic acids is 1. The van der Waals surface area contributed by atoms with Crippen molar-refractivity contribution in [2.24, 2.45) is 10.6 Å². The number of thioether (sulfide) groups is 1. The quantitative estimate of drug-likeness (QED) is 0.394. The summed E-state index contributed by atoms with van der Waals surface area (Å²) in [6.45, 7) is 6.40. The zero-order valence-corrected chi connectivity index (χ0v) is 12.6. The van der Waals surface area contributed by atoms with Crippen LogP contribution >= 0.6 is 11.8 Å². The number of rotatable bonds is 4. The van der Waals surface area contributed by atoms with Crippen molar-refractivity contribution < 1.29 is 9.63 Å². The van der Waals surface area contributed by atoms with Crippen molar-refractivity contribution in [1.82, 2.24) is 20.1 Å². The van der Waals surface area contributed by atoms with Crippen LogP contribution in [0.5, 0.6) is 0 Å². The maximum Gasteiger partial charge on any atom is 0.433 e. The molecule has 1 heterocycles. The van der Waals surface area contributed by atoms with Crippen molar-refractivity contribution in [2.75, 3.05) is 13.3 Å². The van der Waals surface area contributed by atoms with Crippen molar-refractivity contribution in [3.05, 3.63) is 6.33 Å². The Morgan fingerprint density at radius 3 is 2.74 bits per heavy atom. The van der Waals surface area contributed by atoms with Crippen molar-refractivity contribution >= 4 is 23.6 Å². The molecular formula is C11H19N5O2S. The predicted molar refractivity (Wildman–Crippen MR) is 74.2 cm³/mol. The molecule has 0 saturated carbocycles. The Morgan fingerprint density at radius 1 is 1.58 bits per heavy atom. The van der Waals surface area contributed by atoms with Gasteiger partial charge in [-0.3, -0.25) is 4.84 Å². The second-order valence-electron chi connectivity index (χ2n) is 4.85. The highest BCUT2D eigenvalue weighted by Crippen LogP contribution is 2.18. The highest BCUT2D eigenvalue weighted by molar-refractivity contribution is 7.98. The van der Waals surface area contributed by atoms with Crippen LogP contribution in [0.15, 0.2) is 16.6 Å². The number of oxime groups is 1. The van der Waals surface area contributed by atoms with Crippen LogP contribution < -0.4 is 5.32 Å². The molecule has 0 saturated heterocycles. The summed E-state index contributed by atoms with van der Waals surface area (Å²) in [4.78, 5) is 19.9. The van der Waals surface area contributed by atoms with Crippen molar-refractivity contribution in [3.8, 4) is 0 Å². The van der Waals surface area contributed by atoms with Crippen molar-refractivity contribution in [3.63, 3.8) is 0 Å². The molecule has 1 N–H and O–H groups in total. The van der Waals surface area contributed by atoms with Gasteiger partial charge >= 0.3 is 6.09 Å². The Labute approximate surface area is 116 Å². The molecule has 0 aliphatic heterocycles. The van der Waals surface area contributed by atoms with E-state index in [1.54, 1.807) is 11.0 Å². The fourth-order valence-electron chi connectivity index (χ4n) is 1.15. The van der Waals surface area contributed by atoms with E-state index in [-0.39, 0.29) is 5.41 Å². The lowest BCUT2D eigenvalue weighted by Gasteiger charge is -2.20. The molecule has 0 atom stereocenters. The number of hydrogen-bond acceptors (Lipinski definition) is 6. The molecule has 1 rings (SSSR count). The van der Waals surface area contributed by atoms with E-state index in [0.29, 0.717) is 17.4 Å². The minimum Gasteiger partial charge on any atom is -0.323 e. The summed E-state index contributed by atoms with van der Waals surface area (Å²) in [6.07, 6.45) is 2.95. The summed E-state index contributed by atoms with van der Waals surface area (Å²) in [7, 11) is 1.48. The van der Waals surface area contributed by atoms with E-state index < -0.39 is 6.09 Å². The van der Waals surface area contributed by atoms with Crippen LogP contribution in [0.4, 0.5) is 4.79 Å². The minimum absolute atomic E-state index is 0.237. The van der Waals surface area contributed by atoms with Gasteiger partial charge in [-0.25, -0.2) is 14.5 Å². The van der Waals surface area contributed by atoms with Gasteiger partial charge in [0.15, 0.2) is 0 Å². The SMILES string of the molecule is CNC(=O)ON=C(Cn1cnc(SC)n1)C(C)(C)C. The molecule has 1 aromatic heterocycles. The van der Waals surface area contributed by atoms with Gasteiger partial charge < -0.3 is 5.32 Å². The van der Waals surface area contributed by atoms with Gasteiger partial charge in [-0.1, -0.05) is 37.7 Å². The number of hydrogen-bond donors (Lipinski definition) is 1. The molecule has 106 valence electrons. The van der Waals surface area contributed by atoms with Crippen LogP contribution in [0.3, 0.4) is 0 Å². The summed E-state index contributed by atoms with van der Waals surface area (Å²) in [5.41, 5.74) is 0.466. The molecule has 0 aliphatic rings. The van der Waals surface area contributed by atoms with E-state index in [1.807, 2.05) is 27.0 Å². The van der Waals surface area contributed by atoms with Gasteiger partial charge in [-0.05, 0) is 6.26 Å². The Balaban J connectivity index is 2.83. The van der Waals surface area contributed by atoms with Gasteiger partial charge in [-0.15, -0.1) is 5.10 Å². The molecular weight excluding hydrogens is 266 g/mol. The highest BCUT2D eigenvalue weighted by Gasteiger charge is 2.21. The monoisotopic (exact) mass is 285 g/mol. The van der Waals surface area contributed by atoms with Gasteiger partial charge in [0.05, 0.1) is 12.3 Å². The first-order valence-electron chi connectivity index (χ1n) is 5.76. The molecule has 0 radical (unpaired) electrons. The first-order valence-corrected chi connectivity index (χ1v) is 6.98. The zero-order valence-electron chi connectivity index (χ0n) is 11.8. The van der Waals surface area contributed by atoms with E-state index in [4.69, 9.17) is 4.84 Å². The molecule has 0 aliphatic carbocycles. The standard InChI is InChI=1S/C11H19N5O2S/c1-11(2,3)8(15-18-10(17)12-4)6-16-7-13-9(14-16)19-5/h7H,6H2,1-5H3,(H,12,17). The third-order valence-electron chi connectivity index (χ3n) is 2.32. The van der Waals surface area contributed by atoms with Gasteiger partial charge in [0.2, 0.25) is 5.16 Å². The summed E-state index contributed by atoms with van der Waals surface area (Å²) < 4.78 is 1.67. The zero-order chi connectivity index (χ0) is 14.5. The van der Waals surface area contributed by atoms with Crippen LogP contribution in [0.25, 0.3) is 0 Å². The maximum atomic E-state index is 11.1. The summed E-state index contributed by atoms with van der Waals surface area (Å²) in [5.74, 6) is 0. The van der Waals surface area contributed by atoms with Crippen LogP contribution in [0.1, 0.15) is 20.8 Å². The van der Waals surface area contributed by atoms with Crippen LogP contribution in [-0.2, 0) is 11.4 Å². The van der Waals surface area contributed by atoms with Crippen LogP contribution in [0.2, 0.25) is 0 Å². The van der Waals surface area contributed by atoms with Crippen molar-refractivity contribution in [1.29, 1.82) is 0 Å². The van der Waals surface area contributed by atoms with E-state index in [0.717, 1.165) is 0 Å². The van der Waals surface area contributed by atoms with E-state index >= 15 is 0 Å². The molecule has 1 amide bonds. The lowest BCUT2D eigenvalue weighted by Crippen LogP contribution is -2.27. The Hall–Kier alpha value is -1.57. The average Bonchev–Trinajstić information content (AvgIpc) is 2.80. The fraction of sp³-hybridized carbons (Fsp3) is 0.636. The van der Waals surface area contributed by atoms with E-state index in [2.05, 4.69) is 20.6 Å². The van der Waals surface area contributed by atoms with Gasteiger partial charge in [0.25, 0.3) is 0 Å². The third-order valence-corrected chi connectivity index (χ3v) is 2.87.